The van der Waals surface area contributed by atoms with Crippen molar-refractivity contribution >= 4 is 5.97 Å². The Hall–Kier alpha value is -1.30. The van der Waals surface area contributed by atoms with Crippen LogP contribution in [0.1, 0.15) is 44.9 Å². The monoisotopic (exact) mass is 207 g/mol. The highest BCUT2D eigenvalue weighted by atomic mass is 16.4. The van der Waals surface area contributed by atoms with Crippen molar-refractivity contribution in [1.82, 2.24) is 0 Å². The molecule has 1 unspecified atom stereocenters. The molecule has 0 aliphatic heterocycles. The number of nitrogens with zero attached hydrogens (tertiary/aromatic N) is 1. The first-order valence-electron chi connectivity index (χ1n) is 5.58. The van der Waals surface area contributed by atoms with Gasteiger partial charge in [-0.05, 0) is 19.3 Å². The normalized spacial score (nSPS) is 27.1. The quantitative estimate of drug-likeness (QED) is 0.719. The third-order valence-electron chi connectivity index (χ3n) is 2.84. The number of rotatable bonds is 1. The summed E-state index contributed by atoms with van der Waals surface area (Å²) in [6, 6.07) is 2.10. The Bertz CT molecular complexity index is 288. The standard InChI is InChI=1S/C12H17NO2/c13-9-10-7-5-3-1-2-4-6-8-11(10)12(14)15/h8,10H,1-7H2,(H,14,15)/b11-8+. The summed E-state index contributed by atoms with van der Waals surface area (Å²) in [5.41, 5.74) is 0.305. The molecule has 1 aliphatic carbocycles. The minimum absolute atomic E-state index is 0.305. The zero-order valence-electron chi connectivity index (χ0n) is 8.91. The lowest BCUT2D eigenvalue weighted by atomic mass is 9.91. The molecular weight excluding hydrogens is 190 g/mol. The lowest BCUT2D eigenvalue weighted by Crippen LogP contribution is -2.12. The fraction of sp³-hybridized carbons (Fsp3) is 0.667. The average molecular weight is 207 g/mol. The fourth-order valence-electron chi connectivity index (χ4n) is 1.95. The van der Waals surface area contributed by atoms with E-state index in [2.05, 4.69) is 6.07 Å². The van der Waals surface area contributed by atoms with Crippen LogP contribution in [-0.2, 0) is 4.79 Å². The van der Waals surface area contributed by atoms with E-state index in [1.54, 1.807) is 6.08 Å². The molecule has 82 valence electrons. The van der Waals surface area contributed by atoms with Gasteiger partial charge in [0.2, 0.25) is 0 Å². The molecule has 1 atom stereocenters. The van der Waals surface area contributed by atoms with Crippen molar-refractivity contribution in [3.63, 3.8) is 0 Å². The summed E-state index contributed by atoms with van der Waals surface area (Å²) in [6.45, 7) is 0. The number of carboxylic acids is 1. The summed E-state index contributed by atoms with van der Waals surface area (Å²) in [5.74, 6) is -1.34. The Kier molecular flexibility index (Phi) is 4.89. The lowest BCUT2D eigenvalue weighted by Gasteiger charge is -2.12. The second kappa shape index (κ2) is 6.23. The summed E-state index contributed by atoms with van der Waals surface area (Å²) >= 11 is 0. The van der Waals surface area contributed by atoms with Crippen LogP contribution in [0.2, 0.25) is 0 Å². The van der Waals surface area contributed by atoms with E-state index in [9.17, 15) is 4.79 Å². The topological polar surface area (TPSA) is 61.1 Å². The van der Waals surface area contributed by atoms with Crippen LogP contribution in [0.15, 0.2) is 11.6 Å². The lowest BCUT2D eigenvalue weighted by molar-refractivity contribution is -0.133. The van der Waals surface area contributed by atoms with Gasteiger partial charge in [0.1, 0.15) is 0 Å². The highest BCUT2D eigenvalue weighted by Crippen LogP contribution is 2.22. The van der Waals surface area contributed by atoms with Crippen molar-refractivity contribution in [1.29, 1.82) is 5.26 Å². The second-order valence-electron chi connectivity index (χ2n) is 3.99. The van der Waals surface area contributed by atoms with Gasteiger partial charge in [-0.25, -0.2) is 4.79 Å². The number of aliphatic carboxylic acids is 1. The molecule has 0 saturated heterocycles. The van der Waals surface area contributed by atoms with Gasteiger partial charge >= 0.3 is 5.97 Å². The summed E-state index contributed by atoms with van der Waals surface area (Å²) < 4.78 is 0. The van der Waals surface area contributed by atoms with Gasteiger partial charge in [0, 0.05) is 0 Å². The average Bonchev–Trinajstić information content (AvgIpc) is 2.24. The van der Waals surface area contributed by atoms with E-state index in [0.29, 0.717) is 12.0 Å². The number of carbonyl (C=O) groups is 1. The van der Waals surface area contributed by atoms with Gasteiger partial charge in [-0.15, -0.1) is 0 Å². The van der Waals surface area contributed by atoms with Gasteiger partial charge in [-0.1, -0.05) is 31.8 Å². The largest absolute Gasteiger partial charge is 0.478 e. The van der Waals surface area contributed by atoms with Crippen molar-refractivity contribution in [2.45, 2.75) is 44.9 Å². The molecule has 0 fully saturated rings. The highest BCUT2D eigenvalue weighted by Gasteiger charge is 2.19. The molecule has 1 aliphatic rings. The Balaban J connectivity index is 2.76. The number of hydrogen-bond donors (Lipinski definition) is 1. The van der Waals surface area contributed by atoms with Gasteiger partial charge < -0.3 is 5.11 Å². The van der Waals surface area contributed by atoms with E-state index in [4.69, 9.17) is 10.4 Å². The van der Waals surface area contributed by atoms with Crippen LogP contribution in [0, 0.1) is 17.2 Å². The Morgan fingerprint density at radius 3 is 2.67 bits per heavy atom. The van der Waals surface area contributed by atoms with Gasteiger partial charge in [-0.3, -0.25) is 0 Å². The van der Waals surface area contributed by atoms with Crippen LogP contribution in [0.3, 0.4) is 0 Å². The van der Waals surface area contributed by atoms with E-state index in [-0.39, 0.29) is 0 Å². The van der Waals surface area contributed by atoms with Gasteiger partial charge in [0.05, 0.1) is 17.6 Å². The molecule has 0 bridgehead atoms. The molecule has 0 spiro atoms. The summed E-state index contributed by atoms with van der Waals surface area (Å²) in [6.07, 6.45) is 8.70. The molecule has 0 heterocycles. The SMILES string of the molecule is N#CC1CCCCCCC/C=C\1C(=O)O. The number of nitriles is 1. The van der Waals surface area contributed by atoms with Crippen LogP contribution < -0.4 is 0 Å². The molecule has 0 radical (unpaired) electrons. The highest BCUT2D eigenvalue weighted by molar-refractivity contribution is 5.87. The number of hydrogen-bond acceptors (Lipinski definition) is 2. The molecule has 0 aromatic heterocycles. The first kappa shape index (κ1) is 11.8. The van der Waals surface area contributed by atoms with Gasteiger partial charge in [0.15, 0.2) is 0 Å². The zero-order chi connectivity index (χ0) is 11.1. The number of carboxylic acid groups (broad SMARTS) is 1. The summed E-state index contributed by atoms with van der Waals surface area (Å²) in [7, 11) is 0. The molecule has 1 N–H and O–H groups in total. The molecule has 0 aromatic rings. The van der Waals surface area contributed by atoms with E-state index in [0.717, 1.165) is 25.7 Å². The third kappa shape index (κ3) is 3.75. The van der Waals surface area contributed by atoms with E-state index >= 15 is 0 Å². The van der Waals surface area contributed by atoms with E-state index in [1.807, 2.05) is 0 Å². The summed E-state index contributed by atoms with van der Waals surface area (Å²) in [4.78, 5) is 11.0. The predicted molar refractivity (Wildman–Crippen MR) is 57.1 cm³/mol. The Morgan fingerprint density at radius 1 is 1.33 bits per heavy atom. The Morgan fingerprint density at radius 2 is 2.00 bits per heavy atom. The van der Waals surface area contributed by atoms with E-state index in [1.165, 1.54) is 12.8 Å². The van der Waals surface area contributed by atoms with Crippen LogP contribution in [0.25, 0.3) is 0 Å². The molecular formula is C12H17NO2. The van der Waals surface area contributed by atoms with Crippen molar-refractivity contribution in [2.75, 3.05) is 0 Å². The molecule has 0 aromatic carbocycles. The predicted octanol–water partition coefficient (Wildman–Crippen LogP) is 2.88. The van der Waals surface area contributed by atoms with Crippen LogP contribution in [0.5, 0.6) is 0 Å². The third-order valence-corrected chi connectivity index (χ3v) is 2.84. The smallest absolute Gasteiger partial charge is 0.332 e. The molecule has 0 amide bonds. The van der Waals surface area contributed by atoms with E-state index < -0.39 is 11.9 Å². The van der Waals surface area contributed by atoms with Crippen molar-refractivity contribution in [3.05, 3.63) is 11.6 Å². The van der Waals surface area contributed by atoms with Crippen molar-refractivity contribution in [3.8, 4) is 6.07 Å². The molecule has 15 heavy (non-hydrogen) atoms. The summed E-state index contributed by atoms with van der Waals surface area (Å²) in [5, 5.41) is 17.9. The molecule has 3 heteroatoms. The number of allylic oxidation sites excluding steroid dienone is 1. The minimum Gasteiger partial charge on any atom is -0.478 e. The van der Waals surface area contributed by atoms with Crippen molar-refractivity contribution in [2.24, 2.45) is 5.92 Å². The maximum absolute atomic E-state index is 11.0. The minimum atomic E-state index is -0.929. The van der Waals surface area contributed by atoms with Crippen LogP contribution in [-0.4, -0.2) is 11.1 Å². The fourth-order valence-corrected chi connectivity index (χ4v) is 1.95. The Labute approximate surface area is 90.4 Å². The van der Waals surface area contributed by atoms with Gasteiger partial charge in [0.25, 0.3) is 0 Å². The molecule has 3 nitrogen and oxygen atoms in total. The molecule has 1 rings (SSSR count). The maximum Gasteiger partial charge on any atom is 0.332 e. The zero-order valence-corrected chi connectivity index (χ0v) is 8.91. The first-order chi connectivity index (χ1) is 7.25. The van der Waals surface area contributed by atoms with Crippen LogP contribution in [0.4, 0.5) is 0 Å². The van der Waals surface area contributed by atoms with Crippen molar-refractivity contribution < 1.29 is 9.90 Å². The first-order valence-corrected chi connectivity index (χ1v) is 5.58. The maximum atomic E-state index is 11.0. The second-order valence-corrected chi connectivity index (χ2v) is 3.99. The van der Waals surface area contributed by atoms with Crippen LogP contribution >= 0.6 is 0 Å². The van der Waals surface area contributed by atoms with Gasteiger partial charge in [-0.2, -0.15) is 5.26 Å². The molecule has 0 saturated carbocycles.